The van der Waals surface area contributed by atoms with E-state index >= 15 is 0 Å². The molecule has 0 aliphatic rings. The fourth-order valence-corrected chi connectivity index (χ4v) is 4.40. The number of benzene rings is 2. The highest BCUT2D eigenvalue weighted by Crippen LogP contribution is 2.33. The summed E-state index contributed by atoms with van der Waals surface area (Å²) >= 11 is 18.2. The normalized spacial score (nSPS) is 12.2. The number of carbonyl (C=O) groups is 2. The first-order valence-corrected chi connectivity index (χ1v) is 12.7. The Kier molecular flexibility index (Phi) is 9.21. The first kappa shape index (κ1) is 26.3. The van der Waals surface area contributed by atoms with Gasteiger partial charge in [0.2, 0.25) is 21.8 Å². The molecular formula is C21H24Cl3N3O4S. The number of hydrogen-bond donors (Lipinski definition) is 1. The van der Waals surface area contributed by atoms with E-state index in [2.05, 4.69) is 5.32 Å². The molecule has 7 nitrogen and oxygen atoms in total. The van der Waals surface area contributed by atoms with Crippen molar-refractivity contribution in [3.63, 3.8) is 0 Å². The maximum absolute atomic E-state index is 13.3. The molecule has 174 valence electrons. The molecule has 0 unspecified atom stereocenters. The van der Waals surface area contributed by atoms with Crippen molar-refractivity contribution in [3.05, 3.63) is 63.1 Å². The average Bonchev–Trinajstić information content (AvgIpc) is 2.72. The van der Waals surface area contributed by atoms with E-state index in [9.17, 15) is 18.0 Å². The predicted molar refractivity (Wildman–Crippen MR) is 129 cm³/mol. The second-order valence-corrected chi connectivity index (χ2v) is 10.2. The molecule has 11 heteroatoms. The van der Waals surface area contributed by atoms with E-state index in [4.69, 9.17) is 34.8 Å². The fourth-order valence-electron chi connectivity index (χ4n) is 2.97. The quantitative estimate of drug-likeness (QED) is 0.542. The molecule has 2 amide bonds. The van der Waals surface area contributed by atoms with Gasteiger partial charge in [-0.1, -0.05) is 53.0 Å². The molecule has 0 radical (unpaired) electrons. The number of rotatable bonds is 9. The Labute approximate surface area is 203 Å². The molecular weight excluding hydrogens is 497 g/mol. The summed E-state index contributed by atoms with van der Waals surface area (Å²) in [4.78, 5) is 27.1. The van der Waals surface area contributed by atoms with Crippen LogP contribution in [0.5, 0.6) is 0 Å². The third kappa shape index (κ3) is 6.75. The maximum atomic E-state index is 13.3. The van der Waals surface area contributed by atoms with Gasteiger partial charge in [0.1, 0.15) is 12.6 Å². The van der Waals surface area contributed by atoms with Crippen LogP contribution in [0.4, 0.5) is 5.69 Å². The van der Waals surface area contributed by atoms with E-state index in [1.807, 2.05) is 0 Å². The number of halogens is 3. The molecule has 2 aromatic carbocycles. The number of nitrogens with zero attached hydrogens (tertiary/aromatic N) is 2. The number of nitrogens with one attached hydrogen (secondary N) is 1. The zero-order chi connectivity index (χ0) is 24.1. The second kappa shape index (κ2) is 11.2. The van der Waals surface area contributed by atoms with Crippen LogP contribution in [0.15, 0.2) is 42.5 Å². The summed E-state index contributed by atoms with van der Waals surface area (Å²) in [5, 5.41) is 3.37. The highest BCUT2D eigenvalue weighted by molar-refractivity contribution is 7.92. The lowest BCUT2D eigenvalue weighted by Gasteiger charge is -2.31. The zero-order valence-corrected chi connectivity index (χ0v) is 20.9. The summed E-state index contributed by atoms with van der Waals surface area (Å²) in [6.45, 7) is 3.25. The van der Waals surface area contributed by atoms with Crippen LogP contribution in [0.3, 0.4) is 0 Å². The van der Waals surface area contributed by atoms with Crippen LogP contribution in [0.2, 0.25) is 15.1 Å². The molecule has 1 N–H and O–H groups in total. The summed E-state index contributed by atoms with van der Waals surface area (Å²) in [5.41, 5.74) is 0.803. The third-order valence-corrected chi connectivity index (χ3v) is 6.85. The molecule has 0 saturated carbocycles. The van der Waals surface area contributed by atoms with Crippen molar-refractivity contribution in [1.29, 1.82) is 0 Å². The van der Waals surface area contributed by atoms with Gasteiger partial charge in [-0.3, -0.25) is 13.9 Å². The van der Waals surface area contributed by atoms with Crippen LogP contribution in [0.25, 0.3) is 0 Å². The smallest absolute Gasteiger partial charge is 0.244 e. The molecule has 2 aromatic rings. The summed E-state index contributed by atoms with van der Waals surface area (Å²) in [5.74, 6) is -0.943. The number of sulfonamides is 1. The van der Waals surface area contributed by atoms with Crippen LogP contribution < -0.4 is 9.62 Å². The fraction of sp³-hybridized carbons (Fsp3) is 0.333. The summed E-state index contributed by atoms with van der Waals surface area (Å²) in [7, 11) is -3.90. The van der Waals surface area contributed by atoms with Crippen LogP contribution in [-0.2, 0) is 26.2 Å². The van der Waals surface area contributed by atoms with Crippen molar-refractivity contribution in [2.75, 3.05) is 23.7 Å². The van der Waals surface area contributed by atoms with E-state index < -0.39 is 28.5 Å². The van der Waals surface area contributed by atoms with Gasteiger partial charge in [0.05, 0.1) is 22.0 Å². The van der Waals surface area contributed by atoms with Crippen LogP contribution in [0.1, 0.15) is 19.4 Å². The number of hydrogen-bond acceptors (Lipinski definition) is 4. The van der Waals surface area contributed by atoms with Crippen molar-refractivity contribution in [3.8, 4) is 0 Å². The molecule has 32 heavy (non-hydrogen) atoms. The minimum atomic E-state index is -3.90. The van der Waals surface area contributed by atoms with E-state index in [1.54, 1.807) is 38.1 Å². The molecule has 0 bridgehead atoms. The van der Waals surface area contributed by atoms with Gasteiger partial charge in [0.15, 0.2) is 0 Å². The molecule has 0 aliphatic carbocycles. The van der Waals surface area contributed by atoms with Gasteiger partial charge < -0.3 is 10.2 Å². The summed E-state index contributed by atoms with van der Waals surface area (Å²) in [6, 6.07) is 10.5. The SMILES string of the molecule is CCNC(=O)[C@@H](C)N(Cc1ccc(Cl)cc1)C(=O)CN(c1cccc(Cl)c1Cl)S(C)(=O)=O. The molecule has 0 heterocycles. The van der Waals surface area contributed by atoms with Crippen LogP contribution >= 0.6 is 34.8 Å². The molecule has 0 fully saturated rings. The third-order valence-electron chi connectivity index (χ3n) is 4.66. The molecule has 0 spiro atoms. The van der Waals surface area contributed by atoms with Crippen molar-refractivity contribution in [1.82, 2.24) is 10.2 Å². The Bertz CT molecular complexity index is 1080. The molecule has 0 saturated heterocycles. The van der Waals surface area contributed by atoms with Crippen molar-refractivity contribution in [2.24, 2.45) is 0 Å². The van der Waals surface area contributed by atoms with Gasteiger partial charge in [0.25, 0.3) is 0 Å². The van der Waals surface area contributed by atoms with E-state index in [-0.39, 0.29) is 28.2 Å². The predicted octanol–water partition coefficient (Wildman–Crippen LogP) is 3.97. The van der Waals surface area contributed by atoms with Gasteiger partial charge in [0, 0.05) is 18.1 Å². The lowest BCUT2D eigenvalue weighted by molar-refractivity contribution is -0.139. The number of carbonyl (C=O) groups excluding carboxylic acids is 2. The topological polar surface area (TPSA) is 86.8 Å². The van der Waals surface area contributed by atoms with Gasteiger partial charge in [-0.05, 0) is 43.7 Å². The van der Waals surface area contributed by atoms with Crippen LogP contribution in [-0.4, -0.2) is 50.5 Å². The Morgan fingerprint density at radius 1 is 1.06 bits per heavy atom. The highest BCUT2D eigenvalue weighted by atomic mass is 35.5. The first-order chi connectivity index (χ1) is 15.0. The van der Waals surface area contributed by atoms with E-state index in [1.165, 1.54) is 23.1 Å². The largest absolute Gasteiger partial charge is 0.355 e. The Morgan fingerprint density at radius 2 is 1.69 bits per heavy atom. The average molecular weight is 521 g/mol. The Morgan fingerprint density at radius 3 is 2.25 bits per heavy atom. The Hall–Kier alpha value is -2.00. The molecule has 1 atom stereocenters. The van der Waals surface area contributed by atoms with E-state index in [0.29, 0.717) is 11.6 Å². The van der Waals surface area contributed by atoms with Gasteiger partial charge in [-0.15, -0.1) is 0 Å². The monoisotopic (exact) mass is 519 g/mol. The second-order valence-electron chi connectivity index (χ2n) is 7.06. The van der Waals surface area contributed by atoms with Crippen LogP contribution in [0, 0.1) is 0 Å². The standard InChI is InChI=1S/C21H24Cl3N3O4S/c1-4-25-21(29)14(2)26(12-15-8-10-16(22)11-9-15)19(28)13-27(32(3,30)31)18-7-5-6-17(23)20(18)24/h5-11,14H,4,12-13H2,1-3H3,(H,25,29)/t14-/m1/s1. The molecule has 2 rings (SSSR count). The minimum absolute atomic E-state index is 0.00779. The highest BCUT2D eigenvalue weighted by Gasteiger charge is 2.30. The first-order valence-electron chi connectivity index (χ1n) is 9.69. The lowest BCUT2D eigenvalue weighted by atomic mass is 10.1. The molecule has 0 aliphatic heterocycles. The minimum Gasteiger partial charge on any atom is -0.355 e. The maximum Gasteiger partial charge on any atom is 0.244 e. The van der Waals surface area contributed by atoms with E-state index in [0.717, 1.165) is 16.1 Å². The Balaban J connectivity index is 2.42. The zero-order valence-electron chi connectivity index (χ0n) is 17.8. The number of amides is 2. The van der Waals surface area contributed by atoms with Crippen molar-refractivity contribution >= 4 is 62.3 Å². The van der Waals surface area contributed by atoms with Gasteiger partial charge >= 0.3 is 0 Å². The summed E-state index contributed by atoms with van der Waals surface area (Å²) in [6.07, 6.45) is 0.967. The van der Waals surface area contributed by atoms with Gasteiger partial charge in [-0.25, -0.2) is 8.42 Å². The molecule has 0 aromatic heterocycles. The van der Waals surface area contributed by atoms with Gasteiger partial charge in [-0.2, -0.15) is 0 Å². The van der Waals surface area contributed by atoms with Crippen molar-refractivity contribution in [2.45, 2.75) is 26.4 Å². The number of anilines is 1. The number of likely N-dealkylation sites (N-methyl/N-ethyl adjacent to an activating group) is 1. The van der Waals surface area contributed by atoms with Crippen molar-refractivity contribution < 1.29 is 18.0 Å². The summed E-state index contributed by atoms with van der Waals surface area (Å²) < 4.78 is 25.9. The lowest BCUT2D eigenvalue weighted by Crippen LogP contribution is -2.51.